The summed E-state index contributed by atoms with van der Waals surface area (Å²) in [5, 5.41) is 8.62. The van der Waals surface area contributed by atoms with E-state index in [0.717, 1.165) is 24.9 Å². The van der Waals surface area contributed by atoms with Gasteiger partial charge in [0.05, 0.1) is 34.7 Å². The van der Waals surface area contributed by atoms with Gasteiger partial charge in [-0.05, 0) is 134 Å². The lowest BCUT2D eigenvalue weighted by Crippen LogP contribution is -2.11. The number of ether oxygens (including phenoxy) is 4. The summed E-state index contributed by atoms with van der Waals surface area (Å²) in [5.74, 6) is -0.0867. The minimum atomic E-state index is -0.608. The molecule has 0 heterocycles. The molecule has 0 atom stereocenters. The zero-order chi connectivity index (χ0) is 42.2. The number of esters is 3. The van der Waals surface area contributed by atoms with Gasteiger partial charge >= 0.3 is 17.9 Å². The first-order valence-electron chi connectivity index (χ1n) is 21.6. The highest BCUT2D eigenvalue weighted by atomic mass is 16.5. The van der Waals surface area contributed by atoms with E-state index in [9.17, 15) is 14.4 Å². The molecule has 9 heteroatoms. The van der Waals surface area contributed by atoms with Crippen LogP contribution >= 0.6 is 0 Å². The molecule has 9 nitrogen and oxygen atoms in total. The summed E-state index contributed by atoms with van der Waals surface area (Å²) in [6.07, 6.45) is 18.7. The normalized spacial score (nSPS) is 11.0. The van der Waals surface area contributed by atoms with Gasteiger partial charge in [-0.2, -0.15) is 10.2 Å². The molecule has 0 aromatic heterocycles. The number of benzene rings is 5. The van der Waals surface area contributed by atoms with E-state index in [2.05, 4.69) is 36.2 Å². The number of hydrogen-bond acceptors (Lipinski definition) is 9. The fourth-order valence-electron chi connectivity index (χ4n) is 6.46. The molecule has 0 aliphatic rings. The summed E-state index contributed by atoms with van der Waals surface area (Å²) in [7, 11) is 0. The predicted molar refractivity (Wildman–Crippen MR) is 236 cm³/mol. The Morgan fingerprint density at radius 2 is 0.717 bits per heavy atom. The second-order valence-corrected chi connectivity index (χ2v) is 14.9. The highest BCUT2D eigenvalue weighted by Gasteiger charge is 2.14. The number of aryl methyl sites for hydroxylation is 1. The molecule has 314 valence electrons. The largest absolute Gasteiger partial charge is 0.494 e. The lowest BCUT2D eigenvalue weighted by molar-refractivity contribution is 0.0725. The lowest BCUT2D eigenvalue weighted by atomic mass is 10.1. The Balaban J connectivity index is 0.991. The molecule has 0 unspecified atom stereocenters. The summed E-state index contributed by atoms with van der Waals surface area (Å²) in [4.78, 5) is 38.4. The minimum absolute atomic E-state index is 0.249. The fourth-order valence-corrected chi connectivity index (χ4v) is 6.46. The van der Waals surface area contributed by atoms with Gasteiger partial charge in [0, 0.05) is 0 Å². The van der Waals surface area contributed by atoms with E-state index >= 15 is 0 Å². The maximum atomic E-state index is 12.8. The first-order chi connectivity index (χ1) is 29.4. The Bertz CT molecular complexity index is 2060. The van der Waals surface area contributed by atoms with E-state index in [-0.39, 0.29) is 22.6 Å². The Morgan fingerprint density at radius 1 is 0.383 bits per heavy atom. The molecule has 5 aromatic carbocycles. The van der Waals surface area contributed by atoms with Gasteiger partial charge in [-0.1, -0.05) is 103 Å². The number of nitrogens with zero attached hydrogens (tertiary/aromatic N) is 2. The van der Waals surface area contributed by atoms with E-state index in [0.29, 0.717) is 29.4 Å². The van der Waals surface area contributed by atoms with Gasteiger partial charge in [-0.3, -0.25) is 0 Å². The molecule has 0 amide bonds. The monoisotopic (exact) mass is 810 g/mol. The maximum absolute atomic E-state index is 12.8. The zero-order valence-corrected chi connectivity index (χ0v) is 35.1. The van der Waals surface area contributed by atoms with Crippen LogP contribution in [-0.2, 0) is 6.42 Å². The summed E-state index contributed by atoms with van der Waals surface area (Å²) in [6.45, 7) is 5.11. The van der Waals surface area contributed by atoms with Gasteiger partial charge in [0.1, 0.15) is 23.0 Å². The molecular weight excluding hydrogens is 753 g/mol. The second-order valence-electron chi connectivity index (χ2n) is 14.9. The Kier molecular flexibility index (Phi) is 19.1. The molecule has 0 aliphatic heterocycles. The number of carbonyl (C=O) groups excluding carboxylic acids is 3. The highest BCUT2D eigenvalue weighted by molar-refractivity contribution is 5.93. The third kappa shape index (κ3) is 15.9. The molecule has 0 saturated heterocycles. The van der Waals surface area contributed by atoms with Crippen LogP contribution in [0.25, 0.3) is 0 Å². The molecule has 0 N–H and O–H groups in total. The van der Waals surface area contributed by atoms with E-state index in [1.807, 2.05) is 12.1 Å². The predicted octanol–water partition coefficient (Wildman–Crippen LogP) is 14.2. The molecule has 0 saturated carbocycles. The molecule has 0 bridgehead atoms. The molecule has 0 fully saturated rings. The van der Waals surface area contributed by atoms with Crippen LogP contribution in [0.4, 0.5) is 11.4 Å². The van der Waals surface area contributed by atoms with Gasteiger partial charge in [0.15, 0.2) is 0 Å². The van der Waals surface area contributed by atoms with Crippen molar-refractivity contribution in [2.75, 3.05) is 6.61 Å². The van der Waals surface area contributed by atoms with Gasteiger partial charge in [-0.15, -0.1) is 0 Å². The molecule has 0 aliphatic carbocycles. The van der Waals surface area contributed by atoms with Crippen LogP contribution in [0.1, 0.15) is 140 Å². The lowest BCUT2D eigenvalue weighted by Gasteiger charge is -2.09. The molecule has 60 heavy (non-hydrogen) atoms. The standard InChI is InChI=1S/C51H58N2O7/c1-3-5-7-9-10-11-12-13-14-16-38-57-45-30-20-40(21-31-45)49(54)58-46-32-22-41(23-33-46)50(55)59-47-34-24-42(25-35-47)51(56)60-48-36-28-44(29-37-48)53-52-43-26-18-39(19-27-43)17-15-8-6-4-2/h18-37H,3-17,38H2,1-2H3. The second kappa shape index (κ2) is 25.4. The van der Waals surface area contributed by atoms with Crippen LogP contribution in [0, 0.1) is 0 Å². The molecule has 0 spiro atoms. The van der Waals surface area contributed by atoms with Crippen molar-refractivity contribution in [2.45, 2.75) is 110 Å². The van der Waals surface area contributed by atoms with E-state index in [1.165, 1.54) is 131 Å². The van der Waals surface area contributed by atoms with Crippen molar-refractivity contribution in [3.63, 3.8) is 0 Å². The molecule has 5 aromatic rings. The van der Waals surface area contributed by atoms with Crippen molar-refractivity contribution in [1.29, 1.82) is 0 Å². The number of carbonyl (C=O) groups is 3. The van der Waals surface area contributed by atoms with E-state index < -0.39 is 17.9 Å². The summed E-state index contributed by atoms with van der Waals surface area (Å²) < 4.78 is 22.4. The zero-order valence-electron chi connectivity index (χ0n) is 35.1. The summed E-state index contributed by atoms with van der Waals surface area (Å²) >= 11 is 0. The van der Waals surface area contributed by atoms with Crippen LogP contribution in [0.15, 0.2) is 132 Å². The molecule has 0 radical (unpaired) electrons. The van der Waals surface area contributed by atoms with Crippen molar-refractivity contribution in [3.8, 4) is 23.0 Å². The van der Waals surface area contributed by atoms with Crippen LogP contribution in [0.2, 0.25) is 0 Å². The van der Waals surface area contributed by atoms with Crippen molar-refractivity contribution >= 4 is 29.3 Å². The van der Waals surface area contributed by atoms with E-state index in [1.54, 1.807) is 48.5 Å². The summed E-state index contributed by atoms with van der Waals surface area (Å²) in [5.41, 5.74) is 3.63. The van der Waals surface area contributed by atoms with Crippen molar-refractivity contribution in [2.24, 2.45) is 10.2 Å². The Morgan fingerprint density at radius 3 is 1.13 bits per heavy atom. The SMILES string of the molecule is CCCCCCCCCCCCOc1ccc(C(=O)Oc2ccc(C(=O)Oc3ccc(C(=O)Oc4ccc(N=Nc5ccc(CCCCCC)cc5)cc4)cc3)cc2)cc1. The van der Waals surface area contributed by atoms with Crippen molar-refractivity contribution in [1.82, 2.24) is 0 Å². The van der Waals surface area contributed by atoms with Crippen LogP contribution in [-0.4, -0.2) is 24.5 Å². The van der Waals surface area contributed by atoms with Crippen LogP contribution in [0.3, 0.4) is 0 Å². The van der Waals surface area contributed by atoms with Crippen molar-refractivity contribution < 1.29 is 33.3 Å². The van der Waals surface area contributed by atoms with Gasteiger partial charge in [0.2, 0.25) is 0 Å². The van der Waals surface area contributed by atoms with Gasteiger partial charge in [0.25, 0.3) is 0 Å². The highest BCUT2D eigenvalue weighted by Crippen LogP contribution is 2.24. The average molecular weight is 811 g/mol. The third-order valence-corrected chi connectivity index (χ3v) is 10.0. The van der Waals surface area contributed by atoms with Crippen LogP contribution in [0.5, 0.6) is 23.0 Å². The number of unbranched alkanes of at least 4 members (excludes halogenated alkanes) is 12. The first kappa shape index (κ1) is 45.0. The Labute approximate surface area is 355 Å². The van der Waals surface area contributed by atoms with Crippen molar-refractivity contribution in [3.05, 3.63) is 144 Å². The molecule has 5 rings (SSSR count). The third-order valence-electron chi connectivity index (χ3n) is 10.0. The van der Waals surface area contributed by atoms with Gasteiger partial charge < -0.3 is 18.9 Å². The first-order valence-corrected chi connectivity index (χ1v) is 21.6. The smallest absolute Gasteiger partial charge is 0.343 e. The van der Waals surface area contributed by atoms with Crippen LogP contribution < -0.4 is 18.9 Å². The summed E-state index contributed by atoms with van der Waals surface area (Å²) in [6, 6.07) is 33.9. The van der Waals surface area contributed by atoms with E-state index in [4.69, 9.17) is 18.9 Å². The Hall–Kier alpha value is -6.09. The maximum Gasteiger partial charge on any atom is 0.343 e. The fraction of sp³-hybridized carbons (Fsp3) is 0.353. The quantitative estimate of drug-likeness (QED) is 0.0250. The van der Waals surface area contributed by atoms with Gasteiger partial charge in [-0.25, -0.2) is 14.4 Å². The number of hydrogen-bond donors (Lipinski definition) is 0. The topological polar surface area (TPSA) is 113 Å². The minimum Gasteiger partial charge on any atom is -0.494 e. The average Bonchev–Trinajstić information content (AvgIpc) is 3.28. The number of rotatable bonds is 25. The molecular formula is C51H58N2O7. The number of azo groups is 1.